The monoisotopic (exact) mass is 336 g/mol. The molecule has 24 heavy (non-hydrogen) atoms. The van der Waals surface area contributed by atoms with Crippen molar-refractivity contribution in [3.63, 3.8) is 0 Å². The fraction of sp³-hybridized carbons (Fsp3) is 0.273. The van der Waals surface area contributed by atoms with Crippen molar-refractivity contribution in [2.75, 3.05) is 6.61 Å². The first kappa shape index (κ1) is 18.4. The van der Waals surface area contributed by atoms with Gasteiger partial charge in [0.2, 0.25) is 0 Å². The Balaban J connectivity index is 1.92. The van der Waals surface area contributed by atoms with E-state index in [4.69, 9.17) is 4.74 Å². The van der Waals surface area contributed by atoms with Crippen molar-refractivity contribution in [3.05, 3.63) is 89.1 Å². The molecule has 0 heterocycles. The maximum Gasteiger partial charge on any atom is 0.0717 e. The molecule has 2 aromatic rings. The van der Waals surface area contributed by atoms with Crippen LogP contribution in [0.4, 0.5) is 0 Å². The van der Waals surface area contributed by atoms with E-state index in [2.05, 4.69) is 86.0 Å². The number of hydrogen-bond acceptors (Lipinski definition) is 1. The van der Waals surface area contributed by atoms with Crippen LogP contribution < -0.4 is 0 Å². The van der Waals surface area contributed by atoms with Crippen LogP contribution in [0.5, 0.6) is 0 Å². The second-order valence-corrected chi connectivity index (χ2v) is 12.1. The van der Waals surface area contributed by atoms with Gasteiger partial charge in [-0.25, -0.2) is 0 Å². The first-order valence-corrected chi connectivity index (χ1v) is 12.2. The van der Waals surface area contributed by atoms with Crippen LogP contribution >= 0.6 is 0 Å². The Hall–Kier alpha value is -1.90. The minimum absolute atomic E-state index is 0.684. The molecule has 0 bridgehead atoms. The average molecular weight is 337 g/mol. The summed E-state index contributed by atoms with van der Waals surface area (Å²) >= 11 is 0. The molecule has 0 saturated heterocycles. The van der Waals surface area contributed by atoms with Crippen molar-refractivity contribution in [1.82, 2.24) is 0 Å². The third-order valence-electron chi connectivity index (χ3n) is 3.55. The molecule has 0 atom stereocenters. The lowest BCUT2D eigenvalue weighted by Gasteiger charge is -2.13. The van der Waals surface area contributed by atoms with E-state index in [0.29, 0.717) is 6.61 Å². The summed E-state index contributed by atoms with van der Waals surface area (Å²) in [6, 6.07) is 20.8. The molecule has 126 valence electrons. The quantitative estimate of drug-likeness (QED) is 0.321. The van der Waals surface area contributed by atoms with E-state index < -0.39 is 8.07 Å². The molecule has 0 spiro atoms. The number of benzene rings is 2. The smallest absolute Gasteiger partial charge is 0.0717 e. The summed E-state index contributed by atoms with van der Waals surface area (Å²) in [5.41, 5.74) is 6.32. The van der Waals surface area contributed by atoms with Crippen molar-refractivity contribution in [2.45, 2.75) is 32.7 Å². The van der Waals surface area contributed by atoms with Gasteiger partial charge in [-0.15, -0.1) is 0 Å². The Bertz CT molecular complexity index is 651. The van der Waals surface area contributed by atoms with Crippen LogP contribution in [-0.2, 0) is 11.3 Å². The summed E-state index contributed by atoms with van der Waals surface area (Å²) in [5, 5.41) is 0. The highest BCUT2D eigenvalue weighted by molar-refractivity contribution is 6.81. The second kappa shape index (κ2) is 9.41. The van der Waals surface area contributed by atoms with Gasteiger partial charge in [-0.3, -0.25) is 0 Å². The van der Waals surface area contributed by atoms with E-state index in [1.165, 1.54) is 16.7 Å². The average Bonchev–Trinajstić information content (AvgIpc) is 2.57. The maximum atomic E-state index is 5.86. The van der Waals surface area contributed by atoms with Crippen molar-refractivity contribution in [1.29, 1.82) is 0 Å². The molecular weight excluding hydrogens is 308 g/mol. The normalized spacial score (nSPS) is 12.7. The number of allylic oxidation sites excluding steroid dienone is 1. The van der Waals surface area contributed by atoms with Gasteiger partial charge in [-0.2, -0.15) is 0 Å². The number of rotatable bonds is 8. The predicted molar refractivity (Wildman–Crippen MR) is 108 cm³/mol. The first-order chi connectivity index (χ1) is 11.5. The standard InChI is InChI=1S/C22H28OSi/c1-24(2,3)19-22(15-14-20-10-6-4-7-11-20)16-17-23-18-21-12-8-5-9-13-21/h4-15,19H,16-18H2,1-3H3/b15-14-,22-19+. The summed E-state index contributed by atoms with van der Waals surface area (Å²) in [7, 11) is -1.25. The van der Waals surface area contributed by atoms with E-state index in [1.807, 2.05) is 12.1 Å². The molecule has 2 rings (SSSR count). The van der Waals surface area contributed by atoms with E-state index in [0.717, 1.165) is 13.0 Å². The summed E-state index contributed by atoms with van der Waals surface area (Å²) in [6.45, 7) is 8.55. The van der Waals surface area contributed by atoms with Gasteiger partial charge in [0.15, 0.2) is 0 Å². The predicted octanol–water partition coefficient (Wildman–Crippen LogP) is 6.11. The zero-order valence-electron chi connectivity index (χ0n) is 15.0. The molecule has 0 unspecified atom stereocenters. The van der Waals surface area contributed by atoms with E-state index in [-0.39, 0.29) is 0 Å². The molecule has 0 aliphatic carbocycles. The molecule has 0 aliphatic heterocycles. The molecule has 0 amide bonds. The Labute approximate surface area is 147 Å². The minimum Gasteiger partial charge on any atom is -0.376 e. The third kappa shape index (κ3) is 7.58. The molecule has 0 fully saturated rings. The van der Waals surface area contributed by atoms with Gasteiger partial charge in [-0.1, -0.05) is 104 Å². The molecule has 0 aliphatic rings. The van der Waals surface area contributed by atoms with Gasteiger partial charge in [0, 0.05) is 0 Å². The molecule has 2 heteroatoms. The summed E-state index contributed by atoms with van der Waals surface area (Å²) in [5.74, 6) is 0. The Kier molecular flexibility index (Phi) is 7.23. The zero-order valence-corrected chi connectivity index (χ0v) is 16.0. The molecule has 1 nitrogen and oxygen atoms in total. The van der Waals surface area contributed by atoms with E-state index in [9.17, 15) is 0 Å². The number of ether oxygens (including phenoxy) is 1. The van der Waals surface area contributed by atoms with Crippen molar-refractivity contribution < 1.29 is 4.74 Å². The lowest BCUT2D eigenvalue weighted by atomic mass is 10.1. The van der Waals surface area contributed by atoms with Gasteiger partial charge in [0.05, 0.1) is 21.3 Å². The second-order valence-electron chi connectivity index (χ2n) is 7.12. The van der Waals surface area contributed by atoms with Crippen molar-refractivity contribution in [2.24, 2.45) is 0 Å². The molecule has 2 aromatic carbocycles. The first-order valence-electron chi connectivity index (χ1n) is 8.59. The lowest BCUT2D eigenvalue weighted by molar-refractivity contribution is 0.124. The van der Waals surface area contributed by atoms with E-state index in [1.54, 1.807) is 0 Å². The highest BCUT2D eigenvalue weighted by atomic mass is 28.3. The third-order valence-corrected chi connectivity index (χ3v) is 4.79. The van der Waals surface area contributed by atoms with Crippen molar-refractivity contribution >= 4 is 14.1 Å². The fourth-order valence-corrected chi connectivity index (χ4v) is 3.83. The van der Waals surface area contributed by atoms with Gasteiger partial charge in [0.1, 0.15) is 0 Å². The van der Waals surface area contributed by atoms with Crippen LogP contribution in [0.25, 0.3) is 6.08 Å². The summed E-state index contributed by atoms with van der Waals surface area (Å²) in [6.07, 6.45) is 5.41. The fourth-order valence-electron chi connectivity index (χ4n) is 2.48. The highest BCUT2D eigenvalue weighted by Gasteiger charge is 2.10. The SMILES string of the molecule is C[Si](C)(C)/C=C(\C=C/c1ccccc1)CCOCc1ccccc1. The Morgan fingerprint density at radius 1 is 0.917 bits per heavy atom. The van der Waals surface area contributed by atoms with Crippen LogP contribution in [0.1, 0.15) is 17.5 Å². The molecule has 0 aromatic heterocycles. The molecule has 0 saturated carbocycles. The Morgan fingerprint density at radius 3 is 2.17 bits per heavy atom. The van der Waals surface area contributed by atoms with Crippen LogP contribution in [0, 0.1) is 0 Å². The van der Waals surface area contributed by atoms with Crippen LogP contribution in [0.3, 0.4) is 0 Å². The van der Waals surface area contributed by atoms with Gasteiger partial charge in [0.25, 0.3) is 0 Å². The zero-order chi connectivity index (χ0) is 17.3. The minimum atomic E-state index is -1.25. The molecule has 0 radical (unpaired) electrons. The van der Waals surface area contributed by atoms with Gasteiger partial charge in [-0.05, 0) is 17.5 Å². The molecular formula is C22H28OSi. The highest BCUT2D eigenvalue weighted by Crippen LogP contribution is 2.14. The molecule has 0 N–H and O–H groups in total. The topological polar surface area (TPSA) is 9.23 Å². The van der Waals surface area contributed by atoms with E-state index >= 15 is 0 Å². The summed E-state index contributed by atoms with van der Waals surface area (Å²) < 4.78 is 5.86. The lowest BCUT2D eigenvalue weighted by Crippen LogP contribution is -2.17. The van der Waals surface area contributed by atoms with Crippen LogP contribution in [0.2, 0.25) is 19.6 Å². The van der Waals surface area contributed by atoms with Crippen molar-refractivity contribution in [3.8, 4) is 0 Å². The van der Waals surface area contributed by atoms with Gasteiger partial charge >= 0.3 is 0 Å². The maximum absolute atomic E-state index is 5.86. The van der Waals surface area contributed by atoms with Crippen LogP contribution in [-0.4, -0.2) is 14.7 Å². The Morgan fingerprint density at radius 2 is 1.54 bits per heavy atom. The van der Waals surface area contributed by atoms with Gasteiger partial charge < -0.3 is 4.74 Å². The van der Waals surface area contributed by atoms with Crippen LogP contribution in [0.15, 0.2) is 78.0 Å². The number of hydrogen-bond donors (Lipinski definition) is 0. The largest absolute Gasteiger partial charge is 0.376 e. The summed E-state index contributed by atoms with van der Waals surface area (Å²) in [4.78, 5) is 0.